The molecule has 1 aromatic rings. The number of ether oxygens (including phenoxy) is 1. The number of nitrogens with zero attached hydrogens (tertiary/aromatic N) is 2. The third kappa shape index (κ3) is 5.55. The van der Waals surface area contributed by atoms with E-state index in [1.54, 1.807) is 20.8 Å². The molecule has 2 N–H and O–H groups in total. The first-order valence-electron chi connectivity index (χ1n) is 10.3. The van der Waals surface area contributed by atoms with E-state index in [4.69, 9.17) is 4.74 Å². The highest BCUT2D eigenvalue weighted by Gasteiger charge is 2.53. The summed E-state index contributed by atoms with van der Waals surface area (Å²) in [5, 5.41) is 5.00. The lowest BCUT2D eigenvalue weighted by molar-refractivity contribution is -0.137. The average Bonchev–Trinajstić information content (AvgIpc) is 2.91. The molecule has 0 unspecified atom stereocenters. The summed E-state index contributed by atoms with van der Waals surface area (Å²) in [5.41, 5.74) is -2.65. The largest absolute Gasteiger partial charge is 0.444 e. The van der Waals surface area contributed by atoms with E-state index in [-0.39, 0.29) is 31.6 Å². The molecule has 9 nitrogen and oxygen atoms in total. The standard InChI is InChI=1S/C21H25F3N4O5/c1-19(2,3)33-18(32)27-10-8-20(9-11-27)16(30)28(17(31)26-20)12-15(29)25-14-6-4-13(5-7-14)21(22,23)24/h4-7H,8-12H2,1-3H3,(H,25,29)(H,26,31). The minimum absolute atomic E-state index is 0.0976. The molecular weight excluding hydrogens is 445 g/mol. The van der Waals surface area contributed by atoms with Gasteiger partial charge in [0, 0.05) is 18.8 Å². The number of nitrogens with one attached hydrogen (secondary N) is 2. The first kappa shape index (κ1) is 24.3. The maximum atomic E-state index is 12.9. The second-order valence-electron chi connectivity index (χ2n) is 8.99. The number of alkyl halides is 3. The van der Waals surface area contributed by atoms with E-state index in [9.17, 15) is 32.3 Å². The smallest absolute Gasteiger partial charge is 0.416 e. The van der Waals surface area contributed by atoms with Gasteiger partial charge < -0.3 is 20.3 Å². The zero-order valence-electron chi connectivity index (χ0n) is 18.4. The third-order valence-corrected chi connectivity index (χ3v) is 5.31. The number of likely N-dealkylation sites (tertiary alicyclic amines) is 1. The summed E-state index contributed by atoms with van der Waals surface area (Å²) in [5.74, 6) is -1.32. The Morgan fingerprint density at radius 3 is 2.18 bits per heavy atom. The van der Waals surface area contributed by atoms with Crippen molar-refractivity contribution in [3.05, 3.63) is 29.8 Å². The number of anilines is 1. The number of halogens is 3. The summed E-state index contributed by atoms with van der Waals surface area (Å²) in [6.45, 7) is 5.00. The number of imide groups is 1. The normalized spacial score (nSPS) is 18.4. The monoisotopic (exact) mass is 470 g/mol. The molecular formula is C21H25F3N4O5. The highest BCUT2D eigenvalue weighted by molar-refractivity contribution is 6.10. The summed E-state index contributed by atoms with van der Waals surface area (Å²) >= 11 is 0. The van der Waals surface area contributed by atoms with Crippen LogP contribution in [-0.4, -0.2) is 64.5 Å². The van der Waals surface area contributed by atoms with Gasteiger partial charge >= 0.3 is 18.3 Å². The van der Waals surface area contributed by atoms with Gasteiger partial charge in [-0.15, -0.1) is 0 Å². The molecule has 180 valence electrons. The highest BCUT2D eigenvalue weighted by atomic mass is 19.4. The Morgan fingerprint density at radius 2 is 1.67 bits per heavy atom. The van der Waals surface area contributed by atoms with Crippen molar-refractivity contribution < 1.29 is 37.1 Å². The predicted octanol–water partition coefficient (Wildman–Crippen LogP) is 2.97. The molecule has 0 atom stereocenters. The Hall–Kier alpha value is -3.31. The number of hydrogen-bond acceptors (Lipinski definition) is 5. The van der Waals surface area contributed by atoms with Crippen molar-refractivity contribution in [2.75, 3.05) is 25.0 Å². The van der Waals surface area contributed by atoms with E-state index in [0.717, 1.165) is 29.2 Å². The van der Waals surface area contributed by atoms with Gasteiger partial charge in [-0.3, -0.25) is 14.5 Å². The minimum atomic E-state index is -4.50. The fourth-order valence-electron chi connectivity index (χ4n) is 3.64. The van der Waals surface area contributed by atoms with Crippen LogP contribution in [0.4, 0.5) is 28.4 Å². The van der Waals surface area contributed by atoms with Gasteiger partial charge in [-0.1, -0.05) is 0 Å². The molecule has 2 aliphatic heterocycles. The van der Waals surface area contributed by atoms with Crippen LogP contribution < -0.4 is 10.6 Å². The van der Waals surface area contributed by atoms with Crippen molar-refractivity contribution in [1.29, 1.82) is 0 Å². The zero-order chi connectivity index (χ0) is 24.6. The molecule has 0 radical (unpaired) electrons. The van der Waals surface area contributed by atoms with Gasteiger partial charge in [-0.2, -0.15) is 13.2 Å². The molecule has 12 heteroatoms. The number of benzene rings is 1. The van der Waals surface area contributed by atoms with E-state index in [0.29, 0.717) is 0 Å². The second kappa shape index (κ2) is 8.56. The molecule has 1 aromatic carbocycles. The van der Waals surface area contributed by atoms with Crippen LogP contribution in [0.25, 0.3) is 0 Å². The number of rotatable bonds is 3. The van der Waals surface area contributed by atoms with Crippen LogP contribution in [0, 0.1) is 0 Å². The topological polar surface area (TPSA) is 108 Å². The molecule has 1 spiro atoms. The number of piperidine rings is 1. The van der Waals surface area contributed by atoms with Gasteiger partial charge in [0.15, 0.2) is 0 Å². The van der Waals surface area contributed by atoms with Gasteiger partial charge in [-0.25, -0.2) is 9.59 Å². The Labute approximate surface area is 188 Å². The van der Waals surface area contributed by atoms with Gasteiger partial charge in [0.1, 0.15) is 17.7 Å². The van der Waals surface area contributed by atoms with Crippen LogP contribution in [0.5, 0.6) is 0 Å². The molecule has 2 saturated heterocycles. The summed E-state index contributed by atoms with van der Waals surface area (Å²) in [6, 6.07) is 3.06. The van der Waals surface area contributed by atoms with Gasteiger partial charge in [0.25, 0.3) is 5.91 Å². The molecule has 0 aromatic heterocycles. The summed E-state index contributed by atoms with van der Waals surface area (Å²) in [7, 11) is 0. The lowest BCUT2D eigenvalue weighted by Crippen LogP contribution is -2.56. The number of carbonyl (C=O) groups excluding carboxylic acids is 4. The van der Waals surface area contributed by atoms with E-state index in [1.807, 2.05) is 0 Å². The number of carbonyl (C=O) groups is 4. The van der Waals surface area contributed by atoms with Crippen LogP contribution in [-0.2, 0) is 20.5 Å². The van der Waals surface area contributed by atoms with Crippen LogP contribution >= 0.6 is 0 Å². The lowest BCUT2D eigenvalue weighted by Gasteiger charge is -2.37. The van der Waals surface area contributed by atoms with Crippen molar-refractivity contribution in [3.8, 4) is 0 Å². The molecule has 2 fully saturated rings. The quantitative estimate of drug-likeness (QED) is 0.661. The van der Waals surface area contributed by atoms with Gasteiger partial charge in [-0.05, 0) is 57.9 Å². The number of urea groups is 1. The van der Waals surface area contributed by atoms with E-state index >= 15 is 0 Å². The van der Waals surface area contributed by atoms with Gasteiger partial charge in [0.2, 0.25) is 5.91 Å². The van der Waals surface area contributed by atoms with Crippen molar-refractivity contribution in [2.24, 2.45) is 0 Å². The first-order chi connectivity index (χ1) is 15.2. The summed E-state index contributed by atoms with van der Waals surface area (Å²) in [6.07, 6.45) is -4.70. The molecule has 0 saturated carbocycles. The fraction of sp³-hybridized carbons (Fsp3) is 0.524. The van der Waals surface area contributed by atoms with Crippen LogP contribution in [0.15, 0.2) is 24.3 Å². The van der Waals surface area contributed by atoms with Crippen molar-refractivity contribution in [3.63, 3.8) is 0 Å². The SMILES string of the molecule is CC(C)(C)OC(=O)N1CCC2(CC1)NC(=O)N(CC(=O)Nc1ccc(C(F)(F)F)cc1)C2=O. The van der Waals surface area contributed by atoms with Crippen molar-refractivity contribution in [2.45, 2.75) is 50.9 Å². The van der Waals surface area contributed by atoms with E-state index in [1.165, 1.54) is 4.90 Å². The highest BCUT2D eigenvalue weighted by Crippen LogP contribution is 2.31. The zero-order valence-corrected chi connectivity index (χ0v) is 18.4. The molecule has 2 aliphatic rings. The van der Waals surface area contributed by atoms with E-state index in [2.05, 4.69) is 10.6 Å². The van der Waals surface area contributed by atoms with E-state index < -0.39 is 53.4 Å². The Bertz CT molecular complexity index is 948. The number of amides is 5. The maximum Gasteiger partial charge on any atom is 0.416 e. The Morgan fingerprint density at radius 1 is 1.09 bits per heavy atom. The lowest BCUT2D eigenvalue weighted by atomic mass is 9.87. The third-order valence-electron chi connectivity index (χ3n) is 5.31. The van der Waals surface area contributed by atoms with Crippen LogP contribution in [0.3, 0.4) is 0 Å². The molecule has 0 aliphatic carbocycles. The molecule has 33 heavy (non-hydrogen) atoms. The van der Waals surface area contributed by atoms with Crippen molar-refractivity contribution in [1.82, 2.24) is 15.1 Å². The summed E-state index contributed by atoms with van der Waals surface area (Å²) in [4.78, 5) is 52.1. The first-order valence-corrected chi connectivity index (χ1v) is 10.3. The molecule has 0 bridgehead atoms. The Balaban J connectivity index is 1.58. The van der Waals surface area contributed by atoms with Crippen LogP contribution in [0.2, 0.25) is 0 Å². The maximum absolute atomic E-state index is 12.9. The fourth-order valence-corrected chi connectivity index (χ4v) is 3.64. The average molecular weight is 470 g/mol. The van der Waals surface area contributed by atoms with Crippen LogP contribution in [0.1, 0.15) is 39.2 Å². The van der Waals surface area contributed by atoms with Crippen molar-refractivity contribution >= 4 is 29.6 Å². The predicted molar refractivity (Wildman–Crippen MR) is 110 cm³/mol. The number of hydrogen-bond donors (Lipinski definition) is 2. The molecule has 2 heterocycles. The Kier molecular flexibility index (Phi) is 6.31. The molecule has 5 amide bonds. The summed E-state index contributed by atoms with van der Waals surface area (Å²) < 4.78 is 43.3. The van der Waals surface area contributed by atoms with Gasteiger partial charge in [0.05, 0.1) is 5.56 Å². The second-order valence-corrected chi connectivity index (χ2v) is 8.99. The molecule has 3 rings (SSSR count). The minimum Gasteiger partial charge on any atom is -0.444 e.